The topological polar surface area (TPSA) is 76.1 Å². The van der Waals surface area contributed by atoms with Crippen LogP contribution in [0.4, 0.5) is 4.79 Å². The van der Waals surface area contributed by atoms with E-state index < -0.39 is 11.6 Å². The summed E-state index contributed by atoms with van der Waals surface area (Å²) in [6.07, 6.45) is 1.34. The van der Waals surface area contributed by atoms with E-state index >= 15 is 0 Å². The number of hydrogen-bond donors (Lipinski definition) is 1. The Labute approximate surface area is 161 Å². The molecule has 0 unspecified atom stereocenters. The Hall–Kier alpha value is -2.24. The van der Waals surface area contributed by atoms with Crippen LogP contribution in [0, 0.1) is 5.92 Å². The quantitative estimate of drug-likeness (QED) is 0.815. The van der Waals surface area contributed by atoms with Crippen LogP contribution in [-0.4, -0.2) is 47.4 Å². The van der Waals surface area contributed by atoms with Crippen molar-refractivity contribution in [2.45, 2.75) is 59.0 Å². The van der Waals surface area contributed by atoms with E-state index in [2.05, 4.69) is 13.8 Å². The summed E-state index contributed by atoms with van der Waals surface area (Å²) in [6, 6.07) is 5.27. The van der Waals surface area contributed by atoms with E-state index in [0.717, 1.165) is 18.4 Å². The molecule has 0 atom stereocenters. The van der Waals surface area contributed by atoms with Crippen LogP contribution in [0.5, 0.6) is 5.75 Å². The van der Waals surface area contributed by atoms with Gasteiger partial charge >= 0.3 is 12.1 Å². The Balaban J connectivity index is 1.92. The molecule has 1 aromatic carbocycles. The molecule has 27 heavy (non-hydrogen) atoms. The summed E-state index contributed by atoms with van der Waals surface area (Å²) in [5, 5.41) is 9.38. The average Bonchev–Trinajstić information content (AvgIpc) is 2.58. The smallest absolute Gasteiger partial charge is 0.410 e. The molecule has 0 spiro atoms. The fraction of sp³-hybridized carbons (Fsp3) is 0.619. The zero-order chi connectivity index (χ0) is 20.2. The number of amides is 1. The molecule has 1 fully saturated rings. The minimum absolute atomic E-state index is 0.186. The molecule has 1 saturated heterocycles. The summed E-state index contributed by atoms with van der Waals surface area (Å²) in [6.45, 7) is 11.4. The Morgan fingerprint density at radius 2 is 1.85 bits per heavy atom. The number of nitrogens with zero attached hydrogens (tertiary/aromatic N) is 1. The standard InChI is InChI=1S/C21H31NO5/c1-14(2)16-6-7-17(19(23)24)18(12-16)26-13-15-8-10-22(11-9-15)20(25)27-21(3,4)5/h6-7,12,14-15H,8-11,13H2,1-5H3,(H,23,24). The van der Waals surface area contributed by atoms with Crippen molar-refractivity contribution in [3.8, 4) is 5.75 Å². The van der Waals surface area contributed by atoms with E-state index in [1.807, 2.05) is 32.9 Å². The first-order chi connectivity index (χ1) is 12.6. The summed E-state index contributed by atoms with van der Waals surface area (Å²) >= 11 is 0. The SMILES string of the molecule is CC(C)c1ccc(C(=O)O)c(OCC2CCN(C(=O)OC(C)(C)C)CC2)c1. The van der Waals surface area contributed by atoms with Gasteiger partial charge in [0, 0.05) is 13.1 Å². The number of carboxylic acid groups (broad SMARTS) is 1. The number of piperidine rings is 1. The molecule has 0 aromatic heterocycles. The maximum Gasteiger partial charge on any atom is 0.410 e. The lowest BCUT2D eigenvalue weighted by Gasteiger charge is -2.33. The zero-order valence-corrected chi connectivity index (χ0v) is 16.9. The highest BCUT2D eigenvalue weighted by molar-refractivity contribution is 5.91. The molecular weight excluding hydrogens is 346 g/mol. The van der Waals surface area contributed by atoms with Crippen LogP contribution < -0.4 is 4.74 Å². The molecule has 6 heteroatoms. The molecule has 1 heterocycles. The van der Waals surface area contributed by atoms with Gasteiger partial charge in [-0.15, -0.1) is 0 Å². The van der Waals surface area contributed by atoms with Crippen molar-refractivity contribution in [1.82, 2.24) is 4.90 Å². The third-order valence-corrected chi connectivity index (χ3v) is 4.64. The van der Waals surface area contributed by atoms with Gasteiger partial charge in [0.1, 0.15) is 16.9 Å². The van der Waals surface area contributed by atoms with Crippen molar-refractivity contribution in [2.75, 3.05) is 19.7 Å². The fourth-order valence-corrected chi connectivity index (χ4v) is 3.01. The maximum absolute atomic E-state index is 12.1. The molecule has 1 aliphatic rings. The number of hydrogen-bond acceptors (Lipinski definition) is 4. The highest BCUT2D eigenvalue weighted by atomic mass is 16.6. The van der Waals surface area contributed by atoms with Crippen LogP contribution >= 0.6 is 0 Å². The number of benzene rings is 1. The molecule has 0 radical (unpaired) electrons. The van der Waals surface area contributed by atoms with Crippen LogP contribution in [0.1, 0.15) is 69.3 Å². The molecule has 1 aromatic rings. The van der Waals surface area contributed by atoms with Gasteiger partial charge < -0.3 is 19.5 Å². The average molecular weight is 377 g/mol. The second-order valence-electron chi connectivity index (χ2n) is 8.44. The number of ether oxygens (including phenoxy) is 2. The Morgan fingerprint density at radius 1 is 1.22 bits per heavy atom. The first-order valence-electron chi connectivity index (χ1n) is 9.55. The Kier molecular flexibility index (Phi) is 6.73. The largest absolute Gasteiger partial charge is 0.492 e. The number of carbonyl (C=O) groups excluding carboxylic acids is 1. The summed E-state index contributed by atoms with van der Waals surface area (Å²) in [7, 11) is 0. The lowest BCUT2D eigenvalue weighted by atomic mass is 9.98. The van der Waals surface area contributed by atoms with Crippen molar-refractivity contribution in [2.24, 2.45) is 5.92 Å². The third-order valence-electron chi connectivity index (χ3n) is 4.64. The van der Waals surface area contributed by atoms with Crippen LogP contribution in [0.25, 0.3) is 0 Å². The van der Waals surface area contributed by atoms with Crippen molar-refractivity contribution in [1.29, 1.82) is 0 Å². The van der Waals surface area contributed by atoms with E-state index in [4.69, 9.17) is 9.47 Å². The van der Waals surface area contributed by atoms with Gasteiger partial charge in [-0.25, -0.2) is 9.59 Å². The minimum Gasteiger partial charge on any atom is -0.492 e. The van der Waals surface area contributed by atoms with Crippen LogP contribution in [0.3, 0.4) is 0 Å². The minimum atomic E-state index is -0.986. The molecule has 1 N–H and O–H groups in total. The summed E-state index contributed by atoms with van der Waals surface area (Å²) in [4.78, 5) is 25.3. The fourth-order valence-electron chi connectivity index (χ4n) is 3.01. The van der Waals surface area contributed by atoms with Crippen molar-refractivity contribution >= 4 is 12.1 Å². The highest BCUT2D eigenvalue weighted by Gasteiger charge is 2.27. The lowest BCUT2D eigenvalue weighted by Crippen LogP contribution is -2.42. The van der Waals surface area contributed by atoms with Gasteiger partial charge in [-0.3, -0.25) is 0 Å². The predicted molar refractivity (Wildman–Crippen MR) is 104 cm³/mol. The summed E-state index contributed by atoms with van der Waals surface area (Å²) in [5.41, 5.74) is 0.742. The molecule has 2 rings (SSSR count). The summed E-state index contributed by atoms with van der Waals surface area (Å²) < 4.78 is 11.3. The van der Waals surface area contributed by atoms with Crippen LogP contribution in [0.2, 0.25) is 0 Å². The molecule has 6 nitrogen and oxygen atoms in total. The van der Waals surface area contributed by atoms with Crippen LogP contribution in [0.15, 0.2) is 18.2 Å². The van der Waals surface area contributed by atoms with Crippen molar-refractivity contribution in [3.05, 3.63) is 29.3 Å². The molecule has 0 saturated carbocycles. The van der Waals surface area contributed by atoms with Gasteiger partial charge in [-0.2, -0.15) is 0 Å². The Bertz CT molecular complexity index is 670. The van der Waals surface area contributed by atoms with Crippen molar-refractivity contribution < 1.29 is 24.2 Å². The lowest BCUT2D eigenvalue weighted by molar-refractivity contribution is 0.0164. The second-order valence-corrected chi connectivity index (χ2v) is 8.44. The van der Waals surface area contributed by atoms with Gasteiger partial charge in [0.15, 0.2) is 0 Å². The number of carboxylic acids is 1. The third kappa shape index (κ3) is 6.15. The first-order valence-corrected chi connectivity index (χ1v) is 9.55. The van der Waals surface area contributed by atoms with E-state index in [1.54, 1.807) is 11.0 Å². The van der Waals surface area contributed by atoms with Gasteiger partial charge in [0.05, 0.1) is 6.61 Å². The monoisotopic (exact) mass is 377 g/mol. The number of likely N-dealkylation sites (tertiary alicyclic amines) is 1. The summed E-state index contributed by atoms with van der Waals surface area (Å²) in [5.74, 6) is 0.0172. The van der Waals surface area contributed by atoms with Gasteiger partial charge in [0.2, 0.25) is 0 Å². The molecule has 0 bridgehead atoms. The van der Waals surface area contributed by atoms with Crippen LogP contribution in [-0.2, 0) is 4.74 Å². The molecule has 1 amide bonds. The highest BCUT2D eigenvalue weighted by Crippen LogP contribution is 2.27. The molecule has 1 aliphatic heterocycles. The molecular formula is C21H31NO5. The number of aromatic carboxylic acids is 1. The van der Waals surface area contributed by atoms with Gasteiger partial charge in [-0.05, 0) is 63.1 Å². The zero-order valence-electron chi connectivity index (χ0n) is 16.9. The van der Waals surface area contributed by atoms with E-state index in [1.165, 1.54) is 0 Å². The normalized spacial score (nSPS) is 15.7. The molecule has 150 valence electrons. The van der Waals surface area contributed by atoms with E-state index in [-0.39, 0.29) is 17.6 Å². The number of rotatable bonds is 5. The van der Waals surface area contributed by atoms with Gasteiger partial charge in [-0.1, -0.05) is 19.9 Å². The van der Waals surface area contributed by atoms with Crippen molar-refractivity contribution in [3.63, 3.8) is 0 Å². The van der Waals surface area contributed by atoms with E-state index in [0.29, 0.717) is 31.4 Å². The first kappa shape index (κ1) is 21.1. The van der Waals surface area contributed by atoms with Gasteiger partial charge in [0.25, 0.3) is 0 Å². The molecule has 0 aliphatic carbocycles. The maximum atomic E-state index is 12.1. The van der Waals surface area contributed by atoms with E-state index in [9.17, 15) is 14.7 Å². The Morgan fingerprint density at radius 3 is 2.37 bits per heavy atom. The number of carbonyl (C=O) groups is 2. The second kappa shape index (κ2) is 8.63. The predicted octanol–water partition coefficient (Wildman–Crippen LogP) is 4.53.